The molecule has 1 unspecified atom stereocenters. The summed E-state index contributed by atoms with van der Waals surface area (Å²) in [6, 6.07) is 2.49. The maximum Gasteiger partial charge on any atom is 0.433 e. The molecule has 8 nitrogen and oxygen atoms in total. The van der Waals surface area contributed by atoms with Gasteiger partial charge in [0.2, 0.25) is 0 Å². The first-order valence-electron chi connectivity index (χ1n) is 16.5. The van der Waals surface area contributed by atoms with E-state index in [-0.39, 0.29) is 22.7 Å². The average Bonchev–Trinajstić information content (AvgIpc) is 3.32. The minimum atomic E-state index is -4.56. The van der Waals surface area contributed by atoms with Gasteiger partial charge in [0.1, 0.15) is 41.4 Å². The number of pyridine rings is 2. The molecule has 47 heavy (non-hydrogen) atoms. The fraction of sp³-hybridized carbons (Fsp3) is 0.686. The molecule has 6 rings (SSSR count). The molecule has 258 valence electrons. The van der Waals surface area contributed by atoms with Gasteiger partial charge in [-0.15, -0.1) is 0 Å². The average molecular weight is 680 g/mol. The molecule has 2 aromatic heterocycles. The Hall–Kier alpha value is -2.25. The van der Waals surface area contributed by atoms with Crippen molar-refractivity contribution in [2.45, 2.75) is 114 Å². The van der Waals surface area contributed by atoms with Crippen molar-refractivity contribution in [3.63, 3.8) is 0 Å². The lowest BCUT2D eigenvalue weighted by Gasteiger charge is -2.44. The highest BCUT2D eigenvalue weighted by Crippen LogP contribution is 2.61. The molecule has 2 saturated heterocycles. The van der Waals surface area contributed by atoms with Crippen LogP contribution in [0.15, 0.2) is 18.3 Å². The highest BCUT2D eigenvalue weighted by atomic mass is 32.2. The summed E-state index contributed by atoms with van der Waals surface area (Å²) in [6.07, 6.45) is 0.278. The summed E-state index contributed by atoms with van der Waals surface area (Å²) in [5.74, 6) is -0.372. The number of hydrogen-bond donors (Lipinski definition) is 0. The van der Waals surface area contributed by atoms with Crippen molar-refractivity contribution in [3.05, 3.63) is 57.7 Å². The normalized spacial score (nSPS) is 26.5. The van der Waals surface area contributed by atoms with Crippen molar-refractivity contribution in [1.29, 1.82) is 0 Å². The molecule has 0 saturated carbocycles. The summed E-state index contributed by atoms with van der Waals surface area (Å²) in [4.78, 5) is 21.9. The van der Waals surface area contributed by atoms with E-state index >= 15 is 0 Å². The Morgan fingerprint density at radius 3 is 2.23 bits per heavy atom. The first-order valence-corrected chi connectivity index (χ1v) is 18.0. The number of halogens is 3. The smallest absolute Gasteiger partial charge is 0.433 e. The van der Waals surface area contributed by atoms with Crippen LogP contribution in [0.1, 0.15) is 137 Å². The number of esters is 1. The van der Waals surface area contributed by atoms with E-state index in [9.17, 15) is 18.0 Å². The van der Waals surface area contributed by atoms with Crippen molar-refractivity contribution < 1.29 is 41.1 Å². The molecule has 4 atom stereocenters. The fourth-order valence-corrected chi connectivity index (χ4v) is 8.23. The van der Waals surface area contributed by atoms with Gasteiger partial charge in [-0.2, -0.15) is 17.4 Å². The number of nitrogens with zero attached hydrogens (tertiary/aromatic N) is 2. The van der Waals surface area contributed by atoms with E-state index in [0.29, 0.717) is 56.9 Å². The fourth-order valence-electron chi connectivity index (χ4n) is 7.43. The predicted octanol–water partition coefficient (Wildman–Crippen LogP) is 7.57. The highest BCUT2D eigenvalue weighted by Gasteiger charge is 2.57. The minimum Gasteiger partial charge on any atom is -0.455 e. The number of carbonyl (C=O) groups excluding carboxylic acids is 1. The van der Waals surface area contributed by atoms with E-state index in [1.165, 1.54) is 19.2 Å². The minimum absolute atomic E-state index is 0.0176. The monoisotopic (exact) mass is 679 g/mol. The Morgan fingerprint density at radius 1 is 1.00 bits per heavy atom. The molecule has 2 aromatic rings. The second-order valence-electron chi connectivity index (χ2n) is 14.9. The third-order valence-corrected chi connectivity index (χ3v) is 12.3. The van der Waals surface area contributed by atoms with Crippen molar-refractivity contribution in [2.24, 2.45) is 5.41 Å². The largest absolute Gasteiger partial charge is 0.455 e. The number of hydrogen-bond acceptors (Lipinski definition) is 8. The van der Waals surface area contributed by atoms with Gasteiger partial charge in [0.05, 0.1) is 17.0 Å². The molecule has 0 aromatic carbocycles. The quantitative estimate of drug-likeness (QED) is 0.236. The molecule has 5 heterocycles. The van der Waals surface area contributed by atoms with Crippen LogP contribution in [-0.2, 0) is 50.9 Å². The number of ether oxygens (including phenoxy) is 4. The zero-order valence-corrected chi connectivity index (χ0v) is 29.1. The lowest BCUT2D eigenvalue weighted by atomic mass is 9.68. The predicted molar refractivity (Wildman–Crippen MR) is 171 cm³/mol. The van der Waals surface area contributed by atoms with Gasteiger partial charge in [-0.05, 0) is 51.7 Å². The summed E-state index contributed by atoms with van der Waals surface area (Å²) < 4.78 is 72.4. The van der Waals surface area contributed by atoms with Crippen LogP contribution in [0.4, 0.5) is 13.2 Å². The molecule has 1 spiro atoms. The highest BCUT2D eigenvalue weighted by molar-refractivity contribution is 7.93. The number of aromatic nitrogens is 2. The zero-order valence-electron chi connectivity index (χ0n) is 28.3. The van der Waals surface area contributed by atoms with Crippen LogP contribution in [0.25, 0.3) is 0 Å². The Balaban J connectivity index is 1.65. The van der Waals surface area contributed by atoms with Gasteiger partial charge in [-0.25, -0.2) is 0 Å². The standard InChI is InChI=1S/C35H46F3N2O6S/c1-20(41)44-31-29-25(23(18-33(31,5)6)46-47(7)32(2,3)4)27-26(28(40-29)21-10-14-42-15-11-21)30(45-34(27)12-16-43-17-13-34)22-8-9-24(39-19-22)35(36,37)38/h8-9,19,21,23,30-31H,10-18H2,1-7H3/q+1/t23-,30+,31-,47?/m0/s1. The van der Waals surface area contributed by atoms with Crippen molar-refractivity contribution >= 4 is 17.1 Å². The van der Waals surface area contributed by atoms with E-state index in [1.54, 1.807) is 0 Å². The Morgan fingerprint density at radius 2 is 1.66 bits per heavy atom. The van der Waals surface area contributed by atoms with E-state index in [1.807, 2.05) is 0 Å². The Kier molecular flexibility index (Phi) is 9.26. The van der Waals surface area contributed by atoms with Crippen LogP contribution in [0, 0.1) is 5.41 Å². The molecule has 3 aliphatic heterocycles. The molecule has 4 aliphatic rings. The van der Waals surface area contributed by atoms with E-state index in [4.69, 9.17) is 28.1 Å². The van der Waals surface area contributed by atoms with Crippen molar-refractivity contribution in [3.8, 4) is 0 Å². The zero-order chi connectivity index (χ0) is 33.9. The summed E-state index contributed by atoms with van der Waals surface area (Å²) in [7, 11) is 0. The SMILES string of the molecule is CC(=O)O[C@H]1c2nc(C3CCOCC3)c3c(c2[C@@H](O[S+](C)C(C)(C)C)CC1(C)C)C1(CCOCC1)O[C@@H]3c1ccc(C(F)(F)F)nc1. The topological polar surface area (TPSA) is 89.0 Å². The molecule has 0 bridgehead atoms. The lowest BCUT2D eigenvalue weighted by Crippen LogP contribution is -2.41. The van der Waals surface area contributed by atoms with Crippen LogP contribution in [0.3, 0.4) is 0 Å². The number of carbonyl (C=O) groups is 1. The lowest BCUT2D eigenvalue weighted by molar-refractivity contribution is -0.156. The van der Waals surface area contributed by atoms with Gasteiger partial charge in [0.25, 0.3) is 0 Å². The number of alkyl halides is 3. The van der Waals surface area contributed by atoms with Crippen LogP contribution in [-0.4, -0.2) is 53.4 Å². The van der Waals surface area contributed by atoms with Crippen molar-refractivity contribution in [1.82, 2.24) is 9.97 Å². The molecular formula is C35H46F3N2O6S+. The summed E-state index contributed by atoms with van der Waals surface area (Å²) in [5.41, 5.74) is 2.53. The second kappa shape index (κ2) is 12.6. The summed E-state index contributed by atoms with van der Waals surface area (Å²) in [5, 5.41) is 0. The number of fused-ring (bicyclic) bond motifs is 4. The molecular weight excluding hydrogens is 633 g/mol. The molecule has 12 heteroatoms. The van der Waals surface area contributed by atoms with Crippen LogP contribution < -0.4 is 0 Å². The summed E-state index contributed by atoms with van der Waals surface area (Å²) >= 11 is -0.460. The van der Waals surface area contributed by atoms with Crippen molar-refractivity contribution in [2.75, 3.05) is 32.7 Å². The van der Waals surface area contributed by atoms with Crippen LogP contribution >= 0.6 is 0 Å². The first-order chi connectivity index (χ1) is 22.0. The number of rotatable bonds is 5. The van der Waals surface area contributed by atoms with Gasteiger partial charge >= 0.3 is 12.1 Å². The van der Waals surface area contributed by atoms with E-state index < -0.39 is 46.3 Å². The van der Waals surface area contributed by atoms with Gasteiger partial charge in [0, 0.05) is 80.4 Å². The van der Waals surface area contributed by atoms with Crippen LogP contribution in [0.2, 0.25) is 0 Å². The second-order valence-corrected chi connectivity index (χ2v) is 17.2. The first kappa shape index (κ1) is 34.6. The van der Waals surface area contributed by atoms with E-state index in [2.05, 4.69) is 45.9 Å². The maximum atomic E-state index is 13.6. The third-order valence-electron chi connectivity index (χ3n) is 10.1. The van der Waals surface area contributed by atoms with Gasteiger partial charge < -0.3 is 18.9 Å². The molecule has 0 amide bonds. The van der Waals surface area contributed by atoms with Gasteiger partial charge in [0.15, 0.2) is 4.75 Å². The molecule has 2 fully saturated rings. The molecule has 0 radical (unpaired) electrons. The summed E-state index contributed by atoms with van der Waals surface area (Å²) in [6.45, 7) is 14.1. The third kappa shape index (κ3) is 6.57. The molecule has 0 N–H and O–H groups in total. The van der Waals surface area contributed by atoms with Crippen LogP contribution in [0.5, 0.6) is 0 Å². The molecule has 1 aliphatic carbocycles. The Labute approximate surface area is 278 Å². The van der Waals surface area contributed by atoms with Gasteiger partial charge in [-0.3, -0.25) is 14.8 Å². The van der Waals surface area contributed by atoms with E-state index in [0.717, 1.165) is 41.3 Å². The maximum absolute atomic E-state index is 13.6. The van der Waals surface area contributed by atoms with Gasteiger partial charge in [-0.1, -0.05) is 19.9 Å². The Bertz CT molecular complexity index is 1480.